The van der Waals surface area contributed by atoms with E-state index >= 15 is 0 Å². The number of hydrogen-bond donors (Lipinski definition) is 1. The summed E-state index contributed by atoms with van der Waals surface area (Å²) in [5.41, 5.74) is -0.348. The van der Waals surface area contributed by atoms with Crippen LogP contribution < -0.4 is 0 Å². The SMILES string of the molecule is O=C(O)CC(c1ccc(Cl)cn1)C(F)(F)F. The monoisotopic (exact) mass is 253 g/mol. The molecule has 3 nitrogen and oxygen atoms in total. The average molecular weight is 254 g/mol. The zero-order valence-electron chi connectivity index (χ0n) is 7.83. The molecule has 0 aliphatic heterocycles. The van der Waals surface area contributed by atoms with Gasteiger partial charge in [0.15, 0.2) is 0 Å². The van der Waals surface area contributed by atoms with Crippen LogP contribution in [0.1, 0.15) is 18.0 Å². The van der Waals surface area contributed by atoms with Crippen molar-refractivity contribution in [2.75, 3.05) is 0 Å². The van der Waals surface area contributed by atoms with Gasteiger partial charge in [0.1, 0.15) is 5.92 Å². The Balaban J connectivity index is 3.01. The van der Waals surface area contributed by atoms with Crippen molar-refractivity contribution in [1.82, 2.24) is 4.98 Å². The topological polar surface area (TPSA) is 50.2 Å². The normalized spacial score (nSPS) is 13.5. The molecule has 1 rings (SSSR count). The Bertz CT molecular complexity index is 377. The predicted octanol–water partition coefficient (Wildman–Crippen LogP) is 2.86. The molecule has 1 aromatic rings. The molecule has 0 spiro atoms. The summed E-state index contributed by atoms with van der Waals surface area (Å²) in [4.78, 5) is 13.8. The first-order valence-corrected chi connectivity index (χ1v) is 4.58. The van der Waals surface area contributed by atoms with Gasteiger partial charge in [0.25, 0.3) is 0 Å². The highest BCUT2D eigenvalue weighted by Crippen LogP contribution is 2.36. The minimum atomic E-state index is -4.64. The van der Waals surface area contributed by atoms with Gasteiger partial charge in [-0.2, -0.15) is 13.2 Å². The fraction of sp³-hybridized carbons (Fsp3) is 0.333. The van der Waals surface area contributed by atoms with E-state index in [9.17, 15) is 18.0 Å². The molecule has 0 bridgehead atoms. The van der Waals surface area contributed by atoms with Crippen LogP contribution in [0, 0.1) is 0 Å². The second-order valence-electron chi connectivity index (χ2n) is 3.09. The first-order chi connectivity index (χ1) is 7.30. The maximum absolute atomic E-state index is 12.5. The quantitative estimate of drug-likeness (QED) is 0.901. The lowest BCUT2D eigenvalue weighted by Crippen LogP contribution is -2.24. The van der Waals surface area contributed by atoms with Crippen molar-refractivity contribution in [2.45, 2.75) is 18.5 Å². The minimum absolute atomic E-state index is 0.194. The lowest BCUT2D eigenvalue weighted by Gasteiger charge is -2.17. The lowest BCUT2D eigenvalue weighted by atomic mass is 10.0. The Labute approximate surface area is 93.9 Å². The summed E-state index contributed by atoms with van der Waals surface area (Å²) < 4.78 is 37.6. The molecule has 0 aliphatic carbocycles. The molecule has 0 amide bonds. The molecular weight excluding hydrogens is 247 g/mol. The molecule has 1 unspecified atom stereocenters. The van der Waals surface area contributed by atoms with Crippen LogP contribution in [0.15, 0.2) is 18.3 Å². The Morgan fingerprint density at radius 1 is 1.50 bits per heavy atom. The average Bonchev–Trinajstić information content (AvgIpc) is 2.14. The van der Waals surface area contributed by atoms with E-state index in [2.05, 4.69) is 4.98 Å². The standard InChI is InChI=1S/C9H7ClF3NO2/c10-5-1-2-7(14-4-5)6(3-8(15)16)9(11,12)13/h1-2,4,6H,3H2,(H,15,16). The van der Waals surface area contributed by atoms with Crippen LogP contribution in [0.25, 0.3) is 0 Å². The maximum Gasteiger partial charge on any atom is 0.397 e. The van der Waals surface area contributed by atoms with Crippen LogP contribution in [0.3, 0.4) is 0 Å². The van der Waals surface area contributed by atoms with Gasteiger partial charge in [-0.05, 0) is 12.1 Å². The van der Waals surface area contributed by atoms with E-state index in [0.29, 0.717) is 0 Å². The summed E-state index contributed by atoms with van der Waals surface area (Å²) in [6.07, 6.45) is -4.63. The molecule has 16 heavy (non-hydrogen) atoms. The van der Waals surface area contributed by atoms with E-state index in [1.807, 2.05) is 0 Å². The van der Waals surface area contributed by atoms with Crippen molar-refractivity contribution in [3.8, 4) is 0 Å². The molecule has 0 saturated carbocycles. The Kier molecular flexibility index (Phi) is 3.74. The molecular formula is C9H7ClF3NO2. The summed E-state index contributed by atoms with van der Waals surface area (Å²) >= 11 is 5.48. The number of hydrogen-bond acceptors (Lipinski definition) is 2. The van der Waals surface area contributed by atoms with Gasteiger partial charge >= 0.3 is 12.1 Å². The molecule has 88 valence electrons. The predicted molar refractivity (Wildman–Crippen MR) is 50.3 cm³/mol. The first-order valence-electron chi connectivity index (χ1n) is 4.20. The Hall–Kier alpha value is -1.30. The zero-order valence-corrected chi connectivity index (χ0v) is 8.59. The molecule has 1 atom stereocenters. The molecule has 0 saturated heterocycles. The number of carbonyl (C=O) groups is 1. The number of aliphatic carboxylic acids is 1. The summed E-state index contributed by atoms with van der Waals surface area (Å²) in [6, 6.07) is 2.31. The van der Waals surface area contributed by atoms with Crippen LogP contribution in [0.4, 0.5) is 13.2 Å². The lowest BCUT2D eigenvalue weighted by molar-refractivity contribution is -0.164. The summed E-state index contributed by atoms with van der Waals surface area (Å²) in [6.45, 7) is 0. The van der Waals surface area contributed by atoms with Crippen molar-refractivity contribution >= 4 is 17.6 Å². The fourth-order valence-electron chi connectivity index (χ4n) is 1.16. The van der Waals surface area contributed by atoms with Gasteiger partial charge in [-0.3, -0.25) is 9.78 Å². The number of nitrogens with zero attached hydrogens (tertiary/aromatic N) is 1. The molecule has 0 aromatic carbocycles. The third-order valence-corrected chi connectivity index (χ3v) is 2.10. The van der Waals surface area contributed by atoms with E-state index in [-0.39, 0.29) is 10.7 Å². The molecule has 0 aliphatic rings. The highest BCUT2D eigenvalue weighted by molar-refractivity contribution is 6.30. The maximum atomic E-state index is 12.5. The zero-order chi connectivity index (χ0) is 12.3. The molecule has 7 heteroatoms. The molecule has 1 N–H and O–H groups in total. The number of pyridine rings is 1. The van der Waals surface area contributed by atoms with Crippen LogP contribution >= 0.6 is 11.6 Å². The number of halogens is 4. The van der Waals surface area contributed by atoms with Crippen molar-refractivity contribution in [3.63, 3.8) is 0 Å². The second-order valence-corrected chi connectivity index (χ2v) is 3.53. The number of carboxylic acids is 1. The van der Waals surface area contributed by atoms with Crippen molar-refractivity contribution in [3.05, 3.63) is 29.0 Å². The number of rotatable bonds is 3. The van der Waals surface area contributed by atoms with Gasteiger partial charge in [-0.15, -0.1) is 0 Å². The molecule has 0 radical (unpaired) electrons. The van der Waals surface area contributed by atoms with E-state index in [1.54, 1.807) is 0 Å². The Morgan fingerprint density at radius 2 is 2.12 bits per heavy atom. The van der Waals surface area contributed by atoms with Crippen molar-refractivity contribution < 1.29 is 23.1 Å². The van der Waals surface area contributed by atoms with E-state index in [0.717, 1.165) is 12.3 Å². The third kappa shape index (κ3) is 3.37. The van der Waals surface area contributed by atoms with Gasteiger partial charge in [0, 0.05) is 6.20 Å². The van der Waals surface area contributed by atoms with Crippen molar-refractivity contribution in [2.24, 2.45) is 0 Å². The Morgan fingerprint density at radius 3 is 2.50 bits per heavy atom. The third-order valence-electron chi connectivity index (χ3n) is 1.88. The van der Waals surface area contributed by atoms with Crippen LogP contribution in [-0.4, -0.2) is 22.2 Å². The first kappa shape index (κ1) is 12.8. The van der Waals surface area contributed by atoms with E-state index in [4.69, 9.17) is 16.7 Å². The molecule has 1 heterocycles. The second kappa shape index (κ2) is 4.69. The highest BCUT2D eigenvalue weighted by Gasteiger charge is 2.42. The molecule has 0 fully saturated rings. The number of aromatic nitrogens is 1. The minimum Gasteiger partial charge on any atom is -0.481 e. The van der Waals surface area contributed by atoms with E-state index < -0.39 is 24.5 Å². The highest BCUT2D eigenvalue weighted by atomic mass is 35.5. The van der Waals surface area contributed by atoms with Gasteiger partial charge in [0.2, 0.25) is 0 Å². The summed E-state index contributed by atoms with van der Waals surface area (Å²) in [5.74, 6) is -3.64. The summed E-state index contributed by atoms with van der Waals surface area (Å²) in [7, 11) is 0. The number of alkyl halides is 3. The van der Waals surface area contributed by atoms with Crippen LogP contribution in [0.2, 0.25) is 5.02 Å². The largest absolute Gasteiger partial charge is 0.481 e. The summed E-state index contributed by atoms with van der Waals surface area (Å²) in [5, 5.41) is 8.60. The van der Waals surface area contributed by atoms with Crippen molar-refractivity contribution in [1.29, 1.82) is 0 Å². The van der Waals surface area contributed by atoms with Crippen LogP contribution in [0.5, 0.6) is 0 Å². The van der Waals surface area contributed by atoms with Gasteiger partial charge < -0.3 is 5.11 Å². The van der Waals surface area contributed by atoms with Gasteiger partial charge in [-0.1, -0.05) is 11.6 Å². The molecule has 1 aromatic heterocycles. The van der Waals surface area contributed by atoms with Gasteiger partial charge in [-0.25, -0.2) is 0 Å². The fourth-order valence-corrected chi connectivity index (χ4v) is 1.27. The smallest absolute Gasteiger partial charge is 0.397 e. The van der Waals surface area contributed by atoms with E-state index in [1.165, 1.54) is 6.07 Å². The van der Waals surface area contributed by atoms with Gasteiger partial charge in [0.05, 0.1) is 17.1 Å². The van der Waals surface area contributed by atoms with Crippen LogP contribution in [-0.2, 0) is 4.79 Å². The number of carboxylic acid groups (broad SMARTS) is 1.